The Morgan fingerprint density at radius 3 is 2.42 bits per heavy atom. The van der Waals surface area contributed by atoms with E-state index < -0.39 is 0 Å². The fraction of sp³-hybridized carbons (Fsp3) is 0.133. The summed E-state index contributed by atoms with van der Waals surface area (Å²) in [5.41, 5.74) is 2.12. The molecular formula is C15H12BrNOS. The molecule has 1 atom stereocenters. The average Bonchev–Trinajstić information content (AvgIpc) is 2.83. The molecule has 0 bridgehead atoms. The van der Waals surface area contributed by atoms with Crippen LogP contribution in [-0.4, -0.2) is 11.7 Å². The van der Waals surface area contributed by atoms with E-state index in [2.05, 4.69) is 28.1 Å². The van der Waals surface area contributed by atoms with Gasteiger partial charge in [0.05, 0.1) is 5.75 Å². The number of hydrogen-bond acceptors (Lipinski definition) is 2. The van der Waals surface area contributed by atoms with Crippen molar-refractivity contribution in [1.29, 1.82) is 0 Å². The summed E-state index contributed by atoms with van der Waals surface area (Å²) in [5, 5.41) is 0.0786. The molecule has 96 valence electrons. The molecule has 2 nitrogen and oxygen atoms in total. The zero-order valence-corrected chi connectivity index (χ0v) is 12.5. The lowest BCUT2D eigenvalue weighted by molar-refractivity contribution is -0.115. The zero-order chi connectivity index (χ0) is 13.2. The molecule has 1 amide bonds. The topological polar surface area (TPSA) is 20.3 Å². The van der Waals surface area contributed by atoms with E-state index in [-0.39, 0.29) is 11.3 Å². The minimum atomic E-state index is 0.0786. The molecule has 0 radical (unpaired) electrons. The number of anilines is 1. The summed E-state index contributed by atoms with van der Waals surface area (Å²) in [6, 6.07) is 18.0. The maximum Gasteiger partial charge on any atom is 0.238 e. The molecule has 0 unspecified atom stereocenters. The second kappa shape index (κ2) is 5.39. The number of halogens is 1. The molecule has 0 spiro atoms. The van der Waals surface area contributed by atoms with Crippen molar-refractivity contribution in [3.05, 3.63) is 64.6 Å². The lowest BCUT2D eigenvalue weighted by Gasteiger charge is -2.24. The molecule has 1 aliphatic heterocycles. The Labute approximate surface area is 124 Å². The van der Waals surface area contributed by atoms with Gasteiger partial charge in [0.1, 0.15) is 5.37 Å². The Morgan fingerprint density at radius 2 is 1.74 bits per heavy atom. The highest BCUT2D eigenvalue weighted by molar-refractivity contribution is 9.10. The molecule has 19 heavy (non-hydrogen) atoms. The zero-order valence-electron chi connectivity index (χ0n) is 10.1. The Hall–Kier alpha value is -1.26. The molecule has 1 fully saturated rings. The van der Waals surface area contributed by atoms with E-state index in [1.165, 1.54) is 5.56 Å². The van der Waals surface area contributed by atoms with E-state index >= 15 is 0 Å². The van der Waals surface area contributed by atoms with Crippen molar-refractivity contribution < 1.29 is 4.79 Å². The fourth-order valence-electron chi connectivity index (χ4n) is 2.17. The van der Waals surface area contributed by atoms with E-state index in [0.29, 0.717) is 5.75 Å². The highest BCUT2D eigenvalue weighted by atomic mass is 79.9. The van der Waals surface area contributed by atoms with E-state index in [0.717, 1.165) is 10.2 Å². The van der Waals surface area contributed by atoms with Gasteiger partial charge in [0.2, 0.25) is 5.91 Å². The Morgan fingerprint density at radius 1 is 1.05 bits per heavy atom. The third-order valence-corrected chi connectivity index (χ3v) is 4.80. The van der Waals surface area contributed by atoms with Gasteiger partial charge in [-0.25, -0.2) is 0 Å². The van der Waals surface area contributed by atoms with E-state index in [9.17, 15) is 4.79 Å². The van der Waals surface area contributed by atoms with Gasteiger partial charge in [-0.2, -0.15) is 0 Å². The van der Waals surface area contributed by atoms with Crippen LogP contribution in [0.1, 0.15) is 10.9 Å². The van der Waals surface area contributed by atoms with Crippen LogP contribution in [0.4, 0.5) is 5.69 Å². The predicted molar refractivity (Wildman–Crippen MR) is 83.3 cm³/mol. The number of hydrogen-bond donors (Lipinski definition) is 0. The van der Waals surface area contributed by atoms with Crippen molar-refractivity contribution in [2.24, 2.45) is 0 Å². The maximum atomic E-state index is 12.1. The Balaban J connectivity index is 1.97. The summed E-state index contributed by atoms with van der Waals surface area (Å²) in [6.45, 7) is 0. The normalized spacial score (nSPS) is 18.9. The van der Waals surface area contributed by atoms with Gasteiger partial charge in [0.15, 0.2) is 0 Å². The van der Waals surface area contributed by atoms with Crippen LogP contribution in [0.2, 0.25) is 0 Å². The van der Waals surface area contributed by atoms with Crippen molar-refractivity contribution in [3.63, 3.8) is 0 Å². The third kappa shape index (κ3) is 2.55. The first-order valence-corrected chi connectivity index (χ1v) is 7.84. The van der Waals surface area contributed by atoms with Gasteiger partial charge in [-0.3, -0.25) is 9.69 Å². The quantitative estimate of drug-likeness (QED) is 0.819. The molecular weight excluding hydrogens is 322 g/mol. The largest absolute Gasteiger partial charge is 0.295 e. The lowest BCUT2D eigenvalue weighted by Crippen LogP contribution is -2.27. The first-order chi connectivity index (χ1) is 9.25. The molecule has 0 aromatic heterocycles. The van der Waals surface area contributed by atoms with E-state index in [1.807, 2.05) is 47.4 Å². The second-order valence-corrected chi connectivity index (χ2v) is 6.30. The summed E-state index contributed by atoms with van der Waals surface area (Å²) in [6.07, 6.45) is 0. The summed E-state index contributed by atoms with van der Waals surface area (Å²) < 4.78 is 1.02. The van der Waals surface area contributed by atoms with Gasteiger partial charge < -0.3 is 0 Å². The number of thioether (sulfide) groups is 1. The summed E-state index contributed by atoms with van der Waals surface area (Å²) in [5.74, 6) is 0.705. The van der Waals surface area contributed by atoms with Crippen molar-refractivity contribution in [2.75, 3.05) is 10.7 Å². The van der Waals surface area contributed by atoms with Crippen molar-refractivity contribution >= 4 is 39.3 Å². The van der Waals surface area contributed by atoms with Crippen LogP contribution < -0.4 is 4.90 Å². The van der Waals surface area contributed by atoms with Gasteiger partial charge >= 0.3 is 0 Å². The fourth-order valence-corrected chi connectivity index (χ4v) is 3.61. The highest BCUT2D eigenvalue weighted by Gasteiger charge is 2.33. The molecule has 2 aromatic rings. The Bertz CT molecular complexity index is 585. The molecule has 1 saturated heterocycles. The molecule has 0 saturated carbocycles. The van der Waals surface area contributed by atoms with E-state index in [1.54, 1.807) is 11.8 Å². The minimum absolute atomic E-state index is 0.0786. The SMILES string of the molecule is O=C1CS[C@H](c2ccccc2)N1c1ccc(Br)cc1. The Kier molecular flexibility index (Phi) is 3.62. The van der Waals surface area contributed by atoms with Gasteiger partial charge in [-0.15, -0.1) is 11.8 Å². The molecule has 2 aromatic carbocycles. The summed E-state index contributed by atoms with van der Waals surface area (Å²) >= 11 is 5.10. The number of carbonyl (C=O) groups excluding carboxylic acids is 1. The predicted octanol–water partition coefficient (Wildman–Crippen LogP) is 4.23. The van der Waals surface area contributed by atoms with E-state index in [4.69, 9.17) is 0 Å². The smallest absolute Gasteiger partial charge is 0.238 e. The number of carbonyl (C=O) groups is 1. The molecule has 0 aliphatic carbocycles. The van der Waals surface area contributed by atoms with Crippen LogP contribution in [0.15, 0.2) is 59.1 Å². The maximum absolute atomic E-state index is 12.1. The third-order valence-electron chi connectivity index (χ3n) is 3.06. The first-order valence-electron chi connectivity index (χ1n) is 6.00. The number of nitrogens with zero attached hydrogens (tertiary/aromatic N) is 1. The van der Waals surface area contributed by atoms with Crippen LogP contribution in [0.25, 0.3) is 0 Å². The molecule has 1 heterocycles. The molecule has 4 heteroatoms. The van der Waals surface area contributed by atoms with Crippen LogP contribution >= 0.6 is 27.7 Å². The van der Waals surface area contributed by atoms with Crippen molar-refractivity contribution in [3.8, 4) is 0 Å². The number of benzene rings is 2. The van der Waals surface area contributed by atoms with Crippen LogP contribution in [0.3, 0.4) is 0 Å². The second-order valence-electron chi connectivity index (χ2n) is 4.31. The number of amides is 1. The van der Waals surface area contributed by atoms with Crippen LogP contribution in [0.5, 0.6) is 0 Å². The van der Waals surface area contributed by atoms with Crippen LogP contribution in [0, 0.1) is 0 Å². The average molecular weight is 334 g/mol. The van der Waals surface area contributed by atoms with Crippen LogP contribution in [-0.2, 0) is 4.79 Å². The van der Waals surface area contributed by atoms with Gasteiger partial charge in [-0.05, 0) is 29.8 Å². The van der Waals surface area contributed by atoms with Gasteiger partial charge in [-0.1, -0.05) is 46.3 Å². The van der Waals surface area contributed by atoms with Gasteiger partial charge in [0, 0.05) is 10.2 Å². The summed E-state index contributed by atoms with van der Waals surface area (Å²) in [4.78, 5) is 14.0. The van der Waals surface area contributed by atoms with Crippen molar-refractivity contribution in [2.45, 2.75) is 5.37 Å². The standard InChI is InChI=1S/C15H12BrNOS/c16-12-6-8-13(9-7-12)17-14(18)10-19-15(17)11-4-2-1-3-5-11/h1-9,15H,10H2/t15-/m1/s1. The number of rotatable bonds is 2. The molecule has 1 aliphatic rings. The highest BCUT2D eigenvalue weighted by Crippen LogP contribution is 2.41. The molecule has 0 N–H and O–H groups in total. The molecule has 3 rings (SSSR count). The monoisotopic (exact) mass is 333 g/mol. The minimum Gasteiger partial charge on any atom is -0.295 e. The first kappa shape index (κ1) is 12.8. The van der Waals surface area contributed by atoms with Gasteiger partial charge in [0.25, 0.3) is 0 Å². The summed E-state index contributed by atoms with van der Waals surface area (Å²) in [7, 11) is 0. The van der Waals surface area contributed by atoms with Crippen molar-refractivity contribution in [1.82, 2.24) is 0 Å². The lowest BCUT2D eigenvalue weighted by atomic mass is 10.2.